The largest absolute Gasteiger partial charge is 0.355 e. The molecule has 2 nitrogen and oxygen atoms in total. The third-order valence-electron chi connectivity index (χ3n) is 7.19. The van der Waals surface area contributed by atoms with Crippen LogP contribution in [0.15, 0.2) is 91.0 Å². The van der Waals surface area contributed by atoms with Crippen molar-refractivity contribution < 1.29 is 0 Å². The zero-order valence-corrected chi connectivity index (χ0v) is 18.4. The number of benzene rings is 5. The third-order valence-corrected chi connectivity index (χ3v) is 7.19. The Morgan fingerprint density at radius 2 is 1.42 bits per heavy atom. The summed E-state index contributed by atoms with van der Waals surface area (Å²) in [5.74, 6) is 0. The minimum Gasteiger partial charge on any atom is -0.355 e. The number of nitrogens with zero attached hydrogens (tertiary/aromatic N) is 1. The Hall–Kier alpha value is -3.91. The number of nitrogens with one attached hydrogen (secondary N) is 1. The smallest absolute Gasteiger partial charge is 0.0730 e. The van der Waals surface area contributed by atoms with Crippen LogP contribution >= 0.6 is 0 Å². The molecule has 0 radical (unpaired) electrons. The first-order valence-corrected chi connectivity index (χ1v) is 11.9. The van der Waals surface area contributed by atoms with Gasteiger partial charge in [-0.15, -0.1) is 0 Å². The van der Waals surface area contributed by atoms with Gasteiger partial charge >= 0.3 is 0 Å². The summed E-state index contributed by atoms with van der Waals surface area (Å²) in [6.07, 6.45) is 5.03. The standard InChI is InChI=1S/C31H24N2/c1-3-8-24-20(6-1)13-17-26-25(24)16-14-21-12-15-23(19-27(21)26)32-30-10-5-11-31-28(30)18-22-7-2-4-9-29(22)33-31/h2,4-5,7,9-19,32H,1,3,6,8H2. The predicted octanol–water partition coefficient (Wildman–Crippen LogP) is 8.32. The summed E-state index contributed by atoms with van der Waals surface area (Å²) in [5, 5.41) is 11.4. The fourth-order valence-electron chi connectivity index (χ4n) is 5.53. The molecule has 0 spiro atoms. The lowest BCUT2D eigenvalue weighted by Gasteiger charge is -2.19. The number of hydrogen-bond acceptors (Lipinski definition) is 2. The molecule has 0 saturated carbocycles. The molecule has 5 aromatic carbocycles. The summed E-state index contributed by atoms with van der Waals surface area (Å²) in [7, 11) is 0. The van der Waals surface area contributed by atoms with E-state index in [9.17, 15) is 0 Å². The van der Waals surface area contributed by atoms with Crippen molar-refractivity contribution in [2.75, 3.05) is 5.32 Å². The van der Waals surface area contributed by atoms with Gasteiger partial charge in [-0.3, -0.25) is 0 Å². The quantitative estimate of drug-likeness (QED) is 0.223. The normalized spacial score (nSPS) is 13.6. The fraction of sp³-hybridized carbons (Fsp3) is 0.129. The molecule has 0 fully saturated rings. The van der Waals surface area contributed by atoms with Crippen molar-refractivity contribution in [3.8, 4) is 0 Å². The maximum absolute atomic E-state index is 4.87. The minimum atomic E-state index is 1.01. The van der Waals surface area contributed by atoms with E-state index in [0.717, 1.165) is 33.2 Å². The lowest BCUT2D eigenvalue weighted by atomic mass is 9.86. The van der Waals surface area contributed by atoms with E-state index in [1.54, 1.807) is 5.56 Å². The first-order chi connectivity index (χ1) is 16.3. The van der Waals surface area contributed by atoms with Gasteiger partial charge in [0.25, 0.3) is 0 Å². The molecule has 1 heterocycles. The Labute approximate surface area is 192 Å². The van der Waals surface area contributed by atoms with Crippen LogP contribution in [0.2, 0.25) is 0 Å². The highest BCUT2D eigenvalue weighted by Gasteiger charge is 2.14. The Balaban J connectivity index is 1.37. The molecular formula is C31H24N2. The van der Waals surface area contributed by atoms with E-state index in [2.05, 4.69) is 90.2 Å². The number of rotatable bonds is 2. The molecule has 0 amide bonds. The first-order valence-electron chi connectivity index (χ1n) is 11.9. The van der Waals surface area contributed by atoms with Crippen molar-refractivity contribution in [3.05, 3.63) is 102 Å². The first kappa shape index (κ1) is 18.6. The number of anilines is 2. The monoisotopic (exact) mass is 424 g/mol. The highest BCUT2D eigenvalue weighted by Crippen LogP contribution is 2.35. The summed E-state index contributed by atoms with van der Waals surface area (Å²) >= 11 is 0. The molecule has 33 heavy (non-hydrogen) atoms. The SMILES string of the molecule is c1ccc2nc3cccc(Nc4ccc5ccc6c7c(ccc6c5c4)CCCC7)c3cc2c1. The Morgan fingerprint density at radius 1 is 0.576 bits per heavy atom. The molecule has 1 aromatic heterocycles. The van der Waals surface area contributed by atoms with Gasteiger partial charge < -0.3 is 5.32 Å². The molecule has 0 atom stereocenters. The second-order valence-electron chi connectivity index (χ2n) is 9.19. The maximum atomic E-state index is 4.87. The lowest BCUT2D eigenvalue weighted by Crippen LogP contribution is -2.03. The molecule has 1 N–H and O–H groups in total. The Kier molecular flexibility index (Phi) is 4.13. The second kappa shape index (κ2) is 7.31. The van der Waals surface area contributed by atoms with Gasteiger partial charge in [-0.2, -0.15) is 0 Å². The molecule has 0 aliphatic heterocycles. The number of pyridine rings is 1. The fourth-order valence-corrected chi connectivity index (χ4v) is 5.53. The van der Waals surface area contributed by atoms with Crippen LogP contribution in [-0.2, 0) is 12.8 Å². The Bertz CT molecular complexity index is 1700. The van der Waals surface area contributed by atoms with Gasteiger partial charge in [-0.05, 0) is 94.8 Å². The van der Waals surface area contributed by atoms with Gasteiger partial charge in [0.2, 0.25) is 0 Å². The molecular weight excluding hydrogens is 400 g/mol. The highest BCUT2D eigenvalue weighted by molar-refractivity contribution is 6.10. The third kappa shape index (κ3) is 3.06. The van der Waals surface area contributed by atoms with E-state index in [0.29, 0.717) is 0 Å². The van der Waals surface area contributed by atoms with Crippen molar-refractivity contribution >= 4 is 54.7 Å². The molecule has 1 aliphatic carbocycles. The van der Waals surface area contributed by atoms with Crippen LogP contribution < -0.4 is 5.32 Å². The number of para-hydroxylation sites is 1. The van der Waals surface area contributed by atoms with Crippen molar-refractivity contribution in [1.29, 1.82) is 0 Å². The van der Waals surface area contributed by atoms with Gasteiger partial charge in [-0.25, -0.2) is 4.98 Å². The lowest BCUT2D eigenvalue weighted by molar-refractivity contribution is 0.690. The molecule has 2 heteroatoms. The number of aromatic nitrogens is 1. The Morgan fingerprint density at radius 3 is 2.42 bits per heavy atom. The summed E-state index contributed by atoms with van der Waals surface area (Å²) in [5.41, 5.74) is 7.33. The average molecular weight is 425 g/mol. The summed E-state index contributed by atoms with van der Waals surface area (Å²) in [4.78, 5) is 4.87. The zero-order chi connectivity index (χ0) is 21.8. The van der Waals surface area contributed by atoms with Gasteiger partial charge in [0.15, 0.2) is 0 Å². The predicted molar refractivity (Wildman–Crippen MR) is 141 cm³/mol. The average Bonchev–Trinajstić information content (AvgIpc) is 2.87. The molecule has 0 unspecified atom stereocenters. The van der Waals surface area contributed by atoms with Gasteiger partial charge in [-0.1, -0.05) is 54.6 Å². The molecule has 7 rings (SSSR count). The second-order valence-corrected chi connectivity index (χ2v) is 9.19. The number of hydrogen-bond donors (Lipinski definition) is 1. The van der Waals surface area contributed by atoms with E-state index in [1.807, 2.05) is 6.07 Å². The van der Waals surface area contributed by atoms with Crippen molar-refractivity contribution in [1.82, 2.24) is 4.98 Å². The van der Waals surface area contributed by atoms with Crippen LogP contribution in [0.5, 0.6) is 0 Å². The number of aryl methyl sites for hydroxylation is 2. The van der Waals surface area contributed by atoms with E-state index in [4.69, 9.17) is 4.98 Å². The van der Waals surface area contributed by atoms with Crippen LogP contribution in [0.25, 0.3) is 43.4 Å². The van der Waals surface area contributed by atoms with Crippen molar-refractivity contribution in [2.24, 2.45) is 0 Å². The minimum absolute atomic E-state index is 1.01. The van der Waals surface area contributed by atoms with Crippen molar-refractivity contribution in [2.45, 2.75) is 25.7 Å². The van der Waals surface area contributed by atoms with E-state index < -0.39 is 0 Å². The molecule has 6 aromatic rings. The molecule has 0 saturated heterocycles. The van der Waals surface area contributed by atoms with E-state index >= 15 is 0 Å². The van der Waals surface area contributed by atoms with Crippen LogP contribution in [0, 0.1) is 0 Å². The van der Waals surface area contributed by atoms with Crippen molar-refractivity contribution in [3.63, 3.8) is 0 Å². The zero-order valence-electron chi connectivity index (χ0n) is 18.4. The number of fused-ring (bicyclic) bond motifs is 7. The maximum Gasteiger partial charge on any atom is 0.0730 e. The van der Waals surface area contributed by atoms with Gasteiger partial charge in [0.1, 0.15) is 0 Å². The topological polar surface area (TPSA) is 24.9 Å². The van der Waals surface area contributed by atoms with E-state index in [1.165, 1.54) is 52.8 Å². The highest BCUT2D eigenvalue weighted by atomic mass is 14.9. The summed E-state index contributed by atoms with van der Waals surface area (Å²) in [6.45, 7) is 0. The molecule has 0 bridgehead atoms. The van der Waals surface area contributed by atoms with Gasteiger partial charge in [0.05, 0.1) is 11.0 Å². The summed E-state index contributed by atoms with van der Waals surface area (Å²) in [6, 6.07) is 32.9. The van der Waals surface area contributed by atoms with E-state index in [-0.39, 0.29) is 0 Å². The molecule has 158 valence electrons. The van der Waals surface area contributed by atoms with Crippen LogP contribution in [0.4, 0.5) is 11.4 Å². The van der Waals surface area contributed by atoms with Gasteiger partial charge in [0, 0.05) is 22.1 Å². The molecule has 1 aliphatic rings. The van der Waals surface area contributed by atoms with Crippen LogP contribution in [0.3, 0.4) is 0 Å². The van der Waals surface area contributed by atoms with Crippen LogP contribution in [0.1, 0.15) is 24.0 Å². The summed E-state index contributed by atoms with van der Waals surface area (Å²) < 4.78 is 0. The van der Waals surface area contributed by atoms with Crippen LogP contribution in [-0.4, -0.2) is 4.98 Å².